The van der Waals surface area contributed by atoms with E-state index in [-0.39, 0.29) is 0 Å². The number of sulfonamides is 1. The molecule has 6 heteroatoms. The highest BCUT2D eigenvalue weighted by Gasteiger charge is 2.05. The lowest BCUT2D eigenvalue weighted by molar-refractivity contribution is 0.252. The Morgan fingerprint density at radius 1 is 1.24 bits per heavy atom. The molecule has 0 bridgehead atoms. The lowest BCUT2D eigenvalue weighted by atomic mass is 10.1. The topological polar surface area (TPSA) is 78.8 Å². The van der Waals surface area contributed by atoms with Gasteiger partial charge in [0.2, 0.25) is 10.0 Å². The molecule has 1 atom stereocenters. The highest BCUT2D eigenvalue weighted by atomic mass is 32.2. The number of unbranched alkanes of at least 4 members (excludes halogenated alkanes) is 3. The number of rotatable bonds is 9. The standard InChI is InChI=1S/C15H24N2O3S/c1-3-4-5-6-11-16-12-15(18)13-7-9-14(10-8-13)17-21(2,19)20/h7-10,12,15,17-18H,3-6,11H2,1-2H3. The van der Waals surface area contributed by atoms with Gasteiger partial charge in [0.05, 0.1) is 6.26 Å². The number of aliphatic hydroxyl groups is 1. The van der Waals surface area contributed by atoms with Crippen molar-refractivity contribution in [1.82, 2.24) is 0 Å². The van der Waals surface area contributed by atoms with Gasteiger partial charge in [-0.1, -0.05) is 38.3 Å². The Morgan fingerprint density at radius 3 is 2.48 bits per heavy atom. The average Bonchev–Trinajstić information content (AvgIpc) is 2.41. The fraction of sp³-hybridized carbons (Fsp3) is 0.533. The third-order valence-corrected chi connectivity index (χ3v) is 3.55. The Morgan fingerprint density at radius 2 is 1.90 bits per heavy atom. The predicted molar refractivity (Wildman–Crippen MR) is 87.4 cm³/mol. The summed E-state index contributed by atoms with van der Waals surface area (Å²) in [4.78, 5) is 4.21. The monoisotopic (exact) mass is 312 g/mol. The number of aliphatic imine (C=N–C) groups is 1. The molecule has 118 valence electrons. The fourth-order valence-corrected chi connectivity index (χ4v) is 2.42. The number of nitrogens with one attached hydrogen (secondary N) is 1. The Labute approximate surface area is 127 Å². The van der Waals surface area contributed by atoms with Crippen molar-refractivity contribution < 1.29 is 13.5 Å². The van der Waals surface area contributed by atoms with Gasteiger partial charge in [-0.05, 0) is 24.1 Å². The molecule has 0 aliphatic heterocycles. The number of nitrogens with zero attached hydrogens (tertiary/aromatic N) is 1. The first-order valence-electron chi connectivity index (χ1n) is 7.18. The van der Waals surface area contributed by atoms with Crippen LogP contribution in [0.1, 0.15) is 44.3 Å². The number of hydrogen-bond donors (Lipinski definition) is 2. The summed E-state index contributed by atoms with van der Waals surface area (Å²) in [6.45, 7) is 2.89. The summed E-state index contributed by atoms with van der Waals surface area (Å²) in [7, 11) is -3.27. The van der Waals surface area contributed by atoms with Crippen LogP contribution in [0.15, 0.2) is 29.3 Å². The molecule has 1 aromatic carbocycles. The molecule has 1 unspecified atom stereocenters. The molecule has 0 aliphatic carbocycles. The Balaban J connectivity index is 2.47. The summed E-state index contributed by atoms with van der Waals surface area (Å²) in [5.74, 6) is 0. The van der Waals surface area contributed by atoms with Gasteiger partial charge in [0, 0.05) is 18.4 Å². The molecule has 0 heterocycles. The molecule has 0 radical (unpaired) electrons. The first-order valence-corrected chi connectivity index (χ1v) is 9.07. The van der Waals surface area contributed by atoms with Crippen LogP contribution in [0.25, 0.3) is 0 Å². The van der Waals surface area contributed by atoms with Crippen LogP contribution in [-0.2, 0) is 10.0 Å². The SMILES string of the molecule is CCCCCCN=CC(O)c1ccc(NS(C)(=O)=O)cc1. The maximum absolute atomic E-state index is 11.1. The van der Waals surface area contributed by atoms with Gasteiger partial charge in [0.25, 0.3) is 0 Å². The van der Waals surface area contributed by atoms with Crippen LogP contribution in [-0.4, -0.2) is 32.5 Å². The molecule has 21 heavy (non-hydrogen) atoms. The van der Waals surface area contributed by atoms with Gasteiger partial charge in [0.1, 0.15) is 6.10 Å². The Bertz CT molecular complexity index is 539. The maximum atomic E-state index is 11.1. The summed E-state index contributed by atoms with van der Waals surface area (Å²) in [6.07, 6.45) is 6.48. The summed E-state index contributed by atoms with van der Waals surface area (Å²) in [5, 5.41) is 9.96. The molecular weight excluding hydrogens is 288 g/mol. The molecule has 0 aromatic heterocycles. The van der Waals surface area contributed by atoms with Crippen molar-refractivity contribution in [2.45, 2.75) is 38.7 Å². The third-order valence-electron chi connectivity index (χ3n) is 2.94. The van der Waals surface area contributed by atoms with E-state index in [1.54, 1.807) is 24.3 Å². The summed E-state index contributed by atoms with van der Waals surface area (Å²) in [5.41, 5.74) is 1.16. The van der Waals surface area contributed by atoms with E-state index in [2.05, 4.69) is 16.6 Å². The molecule has 0 saturated heterocycles. The smallest absolute Gasteiger partial charge is 0.229 e. The molecule has 0 spiro atoms. The molecule has 2 N–H and O–H groups in total. The first kappa shape index (κ1) is 17.7. The Kier molecular flexibility index (Phi) is 7.39. The molecular formula is C15H24N2O3S. The lowest BCUT2D eigenvalue weighted by Gasteiger charge is -2.08. The molecule has 1 rings (SSSR count). The van der Waals surface area contributed by atoms with Gasteiger partial charge >= 0.3 is 0 Å². The van der Waals surface area contributed by atoms with E-state index in [9.17, 15) is 13.5 Å². The molecule has 0 amide bonds. The zero-order chi connectivity index (χ0) is 15.7. The normalized spacial score (nSPS) is 13.5. The fourth-order valence-electron chi connectivity index (χ4n) is 1.85. The van der Waals surface area contributed by atoms with E-state index >= 15 is 0 Å². The van der Waals surface area contributed by atoms with Gasteiger partial charge in [-0.2, -0.15) is 0 Å². The summed E-state index contributed by atoms with van der Waals surface area (Å²) < 4.78 is 24.6. The lowest BCUT2D eigenvalue weighted by Crippen LogP contribution is -2.09. The molecule has 0 aliphatic rings. The highest BCUT2D eigenvalue weighted by molar-refractivity contribution is 7.92. The van der Waals surface area contributed by atoms with E-state index < -0.39 is 16.1 Å². The zero-order valence-electron chi connectivity index (χ0n) is 12.6. The largest absolute Gasteiger partial charge is 0.383 e. The van der Waals surface area contributed by atoms with Crippen LogP contribution >= 0.6 is 0 Å². The van der Waals surface area contributed by atoms with Crippen LogP contribution < -0.4 is 4.72 Å². The third kappa shape index (κ3) is 7.82. The van der Waals surface area contributed by atoms with Gasteiger partial charge in [0.15, 0.2) is 0 Å². The van der Waals surface area contributed by atoms with E-state index in [0.29, 0.717) is 11.3 Å². The van der Waals surface area contributed by atoms with E-state index in [4.69, 9.17) is 0 Å². The van der Waals surface area contributed by atoms with Gasteiger partial charge < -0.3 is 5.11 Å². The number of hydrogen-bond acceptors (Lipinski definition) is 4. The van der Waals surface area contributed by atoms with E-state index in [1.807, 2.05) is 0 Å². The Hall–Kier alpha value is -1.40. The van der Waals surface area contributed by atoms with Crippen LogP contribution in [0.2, 0.25) is 0 Å². The van der Waals surface area contributed by atoms with Crippen molar-refractivity contribution in [2.75, 3.05) is 17.5 Å². The minimum absolute atomic E-state index is 0.477. The molecule has 0 saturated carbocycles. The summed E-state index contributed by atoms with van der Waals surface area (Å²) >= 11 is 0. The molecule has 0 fully saturated rings. The second-order valence-corrected chi connectivity index (χ2v) is 6.81. The first-order chi connectivity index (χ1) is 9.92. The maximum Gasteiger partial charge on any atom is 0.229 e. The van der Waals surface area contributed by atoms with Crippen molar-refractivity contribution in [2.24, 2.45) is 4.99 Å². The number of benzene rings is 1. The van der Waals surface area contributed by atoms with Crippen LogP contribution in [0.3, 0.4) is 0 Å². The van der Waals surface area contributed by atoms with Crippen molar-refractivity contribution in [3.05, 3.63) is 29.8 Å². The van der Waals surface area contributed by atoms with Crippen molar-refractivity contribution in [1.29, 1.82) is 0 Å². The van der Waals surface area contributed by atoms with Crippen molar-refractivity contribution >= 4 is 21.9 Å². The van der Waals surface area contributed by atoms with Crippen LogP contribution in [0, 0.1) is 0 Å². The van der Waals surface area contributed by atoms with Crippen molar-refractivity contribution in [3.63, 3.8) is 0 Å². The van der Waals surface area contributed by atoms with Gasteiger partial charge in [-0.3, -0.25) is 9.71 Å². The second kappa shape index (κ2) is 8.79. The highest BCUT2D eigenvalue weighted by Crippen LogP contribution is 2.16. The summed E-state index contributed by atoms with van der Waals surface area (Å²) in [6, 6.07) is 6.60. The van der Waals surface area contributed by atoms with Gasteiger partial charge in [-0.25, -0.2) is 8.42 Å². The molecule has 5 nitrogen and oxygen atoms in total. The van der Waals surface area contributed by atoms with Crippen LogP contribution in [0.4, 0.5) is 5.69 Å². The minimum Gasteiger partial charge on any atom is -0.383 e. The van der Waals surface area contributed by atoms with E-state index in [1.165, 1.54) is 19.1 Å². The van der Waals surface area contributed by atoms with E-state index in [0.717, 1.165) is 25.6 Å². The quantitative estimate of drug-likeness (QED) is 0.543. The van der Waals surface area contributed by atoms with Gasteiger partial charge in [-0.15, -0.1) is 0 Å². The average molecular weight is 312 g/mol. The second-order valence-electron chi connectivity index (χ2n) is 5.06. The zero-order valence-corrected chi connectivity index (χ0v) is 13.4. The van der Waals surface area contributed by atoms with Crippen LogP contribution in [0.5, 0.6) is 0 Å². The minimum atomic E-state index is -3.27. The number of anilines is 1. The molecule has 1 aromatic rings. The predicted octanol–water partition coefficient (Wildman–Crippen LogP) is 2.74. The van der Waals surface area contributed by atoms with Crippen molar-refractivity contribution in [3.8, 4) is 0 Å². The number of aliphatic hydroxyl groups excluding tert-OH is 1.